The second-order valence-corrected chi connectivity index (χ2v) is 11.9. The van der Waals surface area contributed by atoms with Gasteiger partial charge in [-0.1, -0.05) is 24.1 Å². The molecule has 2 saturated carbocycles. The first-order valence-corrected chi connectivity index (χ1v) is 13.9. The van der Waals surface area contributed by atoms with E-state index >= 15 is 0 Å². The van der Waals surface area contributed by atoms with E-state index < -0.39 is 5.54 Å². The van der Waals surface area contributed by atoms with Crippen molar-refractivity contribution in [1.29, 1.82) is 0 Å². The summed E-state index contributed by atoms with van der Waals surface area (Å²) in [5.41, 5.74) is 1.55. The molecule has 8 rings (SSSR count). The maximum Gasteiger partial charge on any atom is 0.255 e. The predicted octanol–water partition coefficient (Wildman–Crippen LogP) is 4.03. The number of benzene rings is 2. The van der Waals surface area contributed by atoms with E-state index in [2.05, 4.69) is 10.2 Å². The Morgan fingerprint density at radius 3 is 2.55 bits per heavy atom. The van der Waals surface area contributed by atoms with E-state index in [9.17, 15) is 18.8 Å². The molecule has 0 unspecified atom stereocenters. The van der Waals surface area contributed by atoms with Crippen LogP contribution in [0, 0.1) is 11.7 Å². The summed E-state index contributed by atoms with van der Waals surface area (Å²) in [6, 6.07) is 10.5. The number of fused-ring (bicyclic) bond motifs is 3. The summed E-state index contributed by atoms with van der Waals surface area (Å²) < 4.78 is 20.0. The summed E-state index contributed by atoms with van der Waals surface area (Å²) in [6.07, 6.45) is 5.14. The van der Waals surface area contributed by atoms with Gasteiger partial charge >= 0.3 is 0 Å². The molecule has 38 heavy (non-hydrogen) atoms. The summed E-state index contributed by atoms with van der Waals surface area (Å²) in [5, 5.41) is 2.92. The summed E-state index contributed by atoms with van der Waals surface area (Å²) in [4.78, 5) is 41.9. The Labute approximate surface area is 225 Å². The number of rotatable bonds is 5. The molecular formula is C29H29ClFN3O4. The molecule has 7 nitrogen and oxygen atoms in total. The first kappa shape index (κ1) is 24.1. The molecule has 2 atom stereocenters. The van der Waals surface area contributed by atoms with Crippen molar-refractivity contribution in [3.63, 3.8) is 0 Å². The fraction of sp³-hybridized carbons (Fsp3) is 0.483. The molecule has 6 aliphatic rings. The molecule has 2 aromatic carbocycles. The predicted molar refractivity (Wildman–Crippen MR) is 137 cm³/mol. The molecule has 4 heterocycles. The van der Waals surface area contributed by atoms with E-state index in [1.54, 1.807) is 17.0 Å². The lowest BCUT2D eigenvalue weighted by Crippen LogP contribution is -2.73. The number of amides is 3. The second kappa shape index (κ2) is 8.78. The van der Waals surface area contributed by atoms with Crippen LogP contribution in [0.15, 0.2) is 36.4 Å². The van der Waals surface area contributed by atoms with Crippen LogP contribution >= 0.6 is 11.6 Å². The third-order valence-corrected chi connectivity index (χ3v) is 9.66. The molecule has 2 bridgehead atoms. The highest BCUT2D eigenvalue weighted by Crippen LogP contribution is 2.49. The average molecular weight is 538 g/mol. The number of carbonyl (C=O) groups excluding carboxylic acids is 3. The topological polar surface area (TPSA) is 79.0 Å². The van der Waals surface area contributed by atoms with Gasteiger partial charge < -0.3 is 9.64 Å². The molecule has 5 fully saturated rings. The number of imide groups is 1. The van der Waals surface area contributed by atoms with Crippen LogP contribution in [0.1, 0.15) is 65.9 Å². The Bertz CT molecular complexity index is 1350. The van der Waals surface area contributed by atoms with Crippen molar-refractivity contribution in [2.24, 2.45) is 5.92 Å². The second-order valence-electron chi connectivity index (χ2n) is 11.5. The Kier molecular flexibility index (Phi) is 5.57. The lowest BCUT2D eigenvalue weighted by Gasteiger charge is -2.53. The largest absolute Gasteiger partial charge is 0.489 e. The van der Waals surface area contributed by atoms with Crippen LogP contribution in [0.25, 0.3) is 0 Å². The van der Waals surface area contributed by atoms with Gasteiger partial charge in [0.25, 0.3) is 11.8 Å². The maximum atomic E-state index is 13.5. The highest BCUT2D eigenvalue weighted by Gasteiger charge is 2.63. The van der Waals surface area contributed by atoms with Gasteiger partial charge in [-0.3, -0.25) is 24.6 Å². The normalized spacial score (nSPS) is 30.9. The van der Waals surface area contributed by atoms with Crippen LogP contribution in [-0.2, 0) is 16.1 Å². The van der Waals surface area contributed by atoms with E-state index in [0.29, 0.717) is 41.9 Å². The van der Waals surface area contributed by atoms with Crippen molar-refractivity contribution in [3.8, 4) is 5.75 Å². The van der Waals surface area contributed by atoms with Gasteiger partial charge in [-0.05, 0) is 73.6 Å². The summed E-state index contributed by atoms with van der Waals surface area (Å²) in [5.74, 6) is -0.219. The zero-order valence-corrected chi connectivity index (χ0v) is 21.7. The van der Waals surface area contributed by atoms with Crippen molar-refractivity contribution in [3.05, 3.63) is 63.9 Å². The quantitative estimate of drug-likeness (QED) is 0.583. The molecule has 3 saturated heterocycles. The Morgan fingerprint density at radius 2 is 1.79 bits per heavy atom. The fourth-order valence-electron chi connectivity index (χ4n) is 7.14. The van der Waals surface area contributed by atoms with Crippen LogP contribution in [0.5, 0.6) is 5.75 Å². The fourth-order valence-corrected chi connectivity index (χ4v) is 7.46. The number of hydrogen-bond donors (Lipinski definition) is 1. The Balaban J connectivity index is 1.04. The van der Waals surface area contributed by atoms with Gasteiger partial charge in [-0.15, -0.1) is 0 Å². The van der Waals surface area contributed by atoms with Gasteiger partial charge in [-0.2, -0.15) is 0 Å². The van der Waals surface area contributed by atoms with E-state index in [0.717, 1.165) is 55.6 Å². The van der Waals surface area contributed by atoms with Crippen molar-refractivity contribution in [1.82, 2.24) is 15.1 Å². The zero-order chi connectivity index (χ0) is 26.2. The standard InChI is InChI=1S/C29H29ClFN3O4/c30-23-10-19(31)5-7-21(23)18-13-33(14-18)24-3-1-2-4-25(24)38-20-6-8-22-16(9-20)15-34(27(22)36)29-11-17(12-29)26(35)32-28(29)37/h5-10,17-18,24-25H,1-4,11-15H2,(H,32,35,37)/t17?,24-,25+,29?/m1/s1. The highest BCUT2D eigenvalue weighted by atomic mass is 35.5. The number of nitrogens with one attached hydrogen (secondary N) is 1. The summed E-state index contributed by atoms with van der Waals surface area (Å²) in [6.45, 7) is 2.09. The molecule has 198 valence electrons. The number of carbonyl (C=O) groups is 3. The van der Waals surface area contributed by atoms with Crippen LogP contribution in [0.4, 0.5) is 4.39 Å². The van der Waals surface area contributed by atoms with E-state index in [1.807, 2.05) is 12.1 Å². The number of nitrogens with zero attached hydrogens (tertiary/aromatic N) is 2. The van der Waals surface area contributed by atoms with E-state index in [4.69, 9.17) is 16.3 Å². The van der Waals surface area contributed by atoms with Gasteiger partial charge in [0.05, 0.1) is 0 Å². The lowest BCUT2D eigenvalue weighted by atomic mass is 9.63. The van der Waals surface area contributed by atoms with Crippen molar-refractivity contribution < 1.29 is 23.5 Å². The number of likely N-dealkylation sites (tertiary alicyclic amines) is 1. The third-order valence-electron chi connectivity index (χ3n) is 9.33. The average Bonchev–Trinajstić information content (AvgIpc) is 3.15. The molecule has 2 aromatic rings. The molecule has 3 amide bonds. The van der Waals surface area contributed by atoms with Crippen LogP contribution in [0.2, 0.25) is 5.02 Å². The van der Waals surface area contributed by atoms with E-state index in [-0.39, 0.29) is 35.6 Å². The van der Waals surface area contributed by atoms with E-state index in [1.165, 1.54) is 12.1 Å². The zero-order valence-electron chi connectivity index (χ0n) is 20.9. The Morgan fingerprint density at radius 1 is 1.00 bits per heavy atom. The molecule has 1 N–H and O–H groups in total. The van der Waals surface area contributed by atoms with Crippen LogP contribution in [-0.4, -0.2) is 58.3 Å². The molecule has 9 heteroatoms. The molecule has 0 spiro atoms. The van der Waals surface area contributed by atoms with Crippen molar-refractivity contribution >= 4 is 29.3 Å². The SMILES string of the molecule is O=C1NC(=O)C2(N3Cc4cc(O[C@H]5CCCC[C@H]5N5CC(c6ccc(F)cc6Cl)C5)ccc4C3=O)CC1C2. The monoisotopic (exact) mass is 537 g/mol. The van der Waals surface area contributed by atoms with Crippen LogP contribution < -0.4 is 10.1 Å². The smallest absolute Gasteiger partial charge is 0.255 e. The van der Waals surface area contributed by atoms with Gasteiger partial charge in [0.2, 0.25) is 5.91 Å². The minimum Gasteiger partial charge on any atom is -0.489 e. The van der Waals surface area contributed by atoms with Gasteiger partial charge in [0.1, 0.15) is 23.2 Å². The third kappa shape index (κ3) is 3.67. The van der Waals surface area contributed by atoms with Crippen molar-refractivity contribution in [2.75, 3.05) is 13.1 Å². The molecule has 0 aromatic heterocycles. The number of halogens is 2. The highest BCUT2D eigenvalue weighted by molar-refractivity contribution is 6.31. The maximum absolute atomic E-state index is 13.5. The first-order chi connectivity index (χ1) is 18.3. The summed E-state index contributed by atoms with van der Waals surface area (Å²) in [7, 11) is 0. The van der Waals surface area contributed by atoms with Crippen molar-refractivity contribution in [2.45, 2.75) is 68.7 Å². The first-order valence-electron chi connectivity index (χ1n) is 13.5. The Hall–Kier alpha value is -2.97. The number of hydrogen-bond acceptors (Lipinski definition) is 5. The number of ether oxygens (including phenoxy) is 1. The van der Waals surface area contributed by atoms with Crippen LogP contribution in [0.3, 0.4) is 0 Å². The van der Waals surface area contributed by atoms with Gasteiger partial charge in [0.15, 0.2) is 0 Å². The minimum absolute atomic E-state index is 0.0424. The lowest BCUT2D eigenvalue weighted by molar-refractivity contribution is -0.160. The molecular weight excluding hydrogens is 509 g/mol. The molecule has 2 aliphatic carbocycles. The minimum atomic E-state index is -0.911. The van der Waals surface area contributed by atoms with Gasteiger partial charge in [-0.25, -0.2) is 4.39 Å². The summed E-state index contributed by atoms with van der Waals surface area (Å²) >= 11 is 6.30. The number of piperidine rings is 2. The molecule has 0 radical (unpaired) electrons. The van der Waals surface area contributed by atoms with Gasteiger partial charge in [0, 0.05) is 48.1 Å². The molecule has 4 aliphatic heterocycles.